The molecule has 0 saturated carbocycles. The van der Waals surface area contributed by atoms with Gasteiger partial charge in [-0.05, 0) is 105 Å². The lowest BCUT2D eigenvalue weighted by atomic mass is 9.67. The lowest BCUT2D eigenvalue weighted by Crippen LogP contribution is -2.28. The average Bonchev–Trinajstić information content (AvgIpc) is 3.52. The lowest BCUT2D eigenvalue weighted by Gasteiger charge is -2.34. The highest BCUT2D eigenvalue weighted by molar-refractivity contribution is 5.92. The van der Waals surface area contributed by atoms with Crippen LogP contribution >= 0.6 is 0 Å². The SMILES string of the molecule is C=COCCCOC(C)COc1ccc2cc(C3(c4ccc5cc(OCC(C)OCCCOC=C)ccc5c4)c4ccccc4-c4ccccc43)ccc2c1. The molecular weight excluding hydrogens is 685 g/mol. The average molecular weight is 735 g/mol. The van der Waals surface area contributed by atoms with E-state index in [4.69, 9.17) is 28.4 Å². The minimum Gasteiger partial charge on any atom is -0.502 e. The molecule has 7 rings (SSSR count). The van der Waals surface area contributed by atoms with E-state index in [0.29, 0.717) is 39.6 Å². The molecule has 55 heavy (non-hydrogen) atoms. The number of hydrogen-bond acceptors (Lipinski definition) is 6. The first-order valence-electron chi connectivity index (χ1n) is 19.2. The van der Waals surface area contributed by atoms with Crippen molar-refractivity contribution >= 4 is 21.5 Å². The largest absolute Gasteiger partial charge is 0.502 e. The molecule has 0 radical (unpaired) electrons. The van der Waals surface area contributed by atoms with Gasteiger partial charge in [-0.15, -0.1) is 0 Å². The smallest absolute Gasteiger partial charge is 0.120 e. The summed E-state index contributed by atoms with van der Waals surface area (Å²) in [5.41, 5.74) is 7.01. The first kappa shape index (κ1) is 37.7. The summed E-state index contributed by atoms with van der Waals surface area (Å²) in [5, 5.41) is 4.56. The van der Waals surface area contributed by atoms with Gasteiger partial charge in [0.1, 0.15) is 24.7 Å². The lowest BCUT2D eigenvalue weighted by molar-refractivity contribution is 0.0245. The Bertz CT molecular complexity index is 2080. The number of benzene rings is 6. The molecule has 1 aliphatic carbocycles. The van der Waals surface area contributed by atoms with Gasteiger partial charge in [0.15, 0.2) is 0 Å². The Labute approximate surface area is 324 Å². The molecule has 0 fully saturated rings. The molecule has 6 aromatic rings. The van der Waals surface area contributed by atoms with Gasteiger partial charge in [-0.2, -0.15) is 0 Å². The zero-order valence-corrected chi connectivity index (χ0v) is 31.9. The number of hydrogen-bond donors (Lipinski definition) is 0. The summed E-state index contributed by atoms with van der Waals surface area (Å²) in [6, 6.07) is 44.1. The van der Waals surface area contributed by atoms with Crippen molar-refractivity contribution in [3.8, 4) is 22.6 Å². The molecule has 6 aromatic carbocycles. The van der Waals surface area contributed by atoms with Crippen LogP contribution in [0.1, 0.15) is 48.9 Å². The number of rotatable bonds is 20. The van der Waals surface area contributed by atoms with Crippen LogP contribution in [0.4, 0.5) is 0 Å². The van der Waals surface area contributed by atoms with E-state index in [9.17, 15) is 0 Å². The second-order valence-corrected chi connectivity index (χ2v) is 14.1. The molecule has 0 spiro atoms. The highest BCUT2D eigenvalue weighted by atomic mass is 16.5. The van der Waals surface area contributed by atoms with Gasteiger partial charge in [-0.1, -0.05) is 98.1 Å². The molecule has 6 heteroatoms. The Balaban J connectivity index is 1.17. The third-order valence-corrected chi connectivity index (χ3v) is 10.3. The van der Waals surface area contributed by atoms with Gasteiger partial charge in [0, 0.05) is 12.8 Å². The summed E-state index contributed by atoms with van der Waals surface area (Å²) in [7, 11) is 0. The van der Waals surface area contributed by atoms with Crippen molar-refractivity contribution in [2.75, 3.05) is 39.6 Å². The molecule has 0 aliphatic heterocycles. The minimum atomic E-state index is -0.521. The summed E-state index contributed by atoms with van der Waals surface area (Å²) in [4.78, 5) is 0. The zero-order chi connectivity index (χ0) is 38.0. The molecule has 2 atom stereocenters. The standard InChI is InChI=1S/C49H50O6/c1-5-50-25-11-27-52-35(3)33-54-43-23-19-37-29-41(21-17-39(37)31-43)49(47-15-9-7-13-45(47)46-14-8-10-16-48(46)49)42-22-18-40-32-44(24-20-38(40)30-42)55-34-36(4)53-28-12-26-51-6-2/h5-10,13-24,29-32,35-36H,1-2,11-12,25-28,33-34H2,3-4H3. The van der Waals surface area contributed by atoms with Crippen LogP contribution in [0.15, 0.2) is 147 Å². The van der Waals surface area contributed by atoms with E-state index >= 15 is 0 Å². The third-order valence-electron chi connectivity index (χ3n) is 10.3. The first-order chi connectivity index (χ1) is 27.0. The van der Waals surface area contributed by atoms with Crippen molar-refractivity contribution in [2.24, 2.45) is 0 Å². The molecule has 6 nitrogen and oxygen atoms in total. The van der Waals surface area contributed by atoms with Crippen LogP contribution in [0.2, 0.25) is 0 Å². The molecule has 0 aromatic heterocycles. The van der Waals surface area contributed by atoms with Crippen LogP contribution in [-0.4, -0.2) is 51.8 Å². The van der Waals surface area contributed by atoms with Crippen molar-refractivity contribution in [3.63, 3.8) is 0 Å². The van der Waals surface area contributed by atoms with Gasteiger partial charge in [0.25, 0.3) is 0 Å². The summed E-state index contributed by atoms with van der Waals surface area (Å²) in [6.45, 7) is 14.6. The fourth-order valence-corrected chi connectivity index (χ4v) is 7.66. The number of ether oxygens (including phenoxy) is 6. The second kappa shape index (κ2) is 17.7. The summed E-state index contributed by atoms with van der Waals surface area (Å²) in [6.07, 6.45) is 4.47. The minimum absolute atomic E-state index is 0.0350. The summed E-state index contributed by atoms with van der Waals surface area (Å²) >= 11 is 0. The Morgan fingerprint density at radius 2 is 0.927 bits per heavy atom. The van der Waals surface area contributed by atoms with Crippen LogP contribution in [-0.2, 0) is 24.4 Å². The number of fused-ring (bicyclic) bond motifs is 5. The molecule has 1 aliphatic rings. The zero-order valence-electron chi connectivity index (χ0n) is 31.9. The van der Waals surface area contributed by atoms with E-state index in [1.807, 2.05) is 13.8 Å². The normalized spacial score (nSPS) is 13.8. The van der Waals surface area contributed by atoms with E-state index in [1.165, 1.54) is 45.9 Å². The van der Waals surface area contributed by atoms with Gasteiger partial charge in [-0.25, -0.2) is 0 Å². The highest BCUT2D eigenvalue weighted by Crippen LogP contribution is 2.56. The van der Waals surface area contributed by atoms with Crippen molar-refractivity contribution in [3.05, 3.63) is 169 Å². The van der Waals surface area contributed by atoms with Crippen LogP contribution < -0.4 is 9.47 Å². The molecule has 0 heterocycles. The van der Waals surface area contributed by atoms with Crippen molar-refractivity contribution in [1.29, 1.82) is 0 Å². The molecular formula is C49H50O6. The maximum absolute atomic E-state index is 6.18. The van der Waals surface area contributed by atoms with Crippen LogP contribution in [0.5, 0.6) is 11.5 Å². The fraction of sp³-hybridized carbons (Fsp3) is 0.265. The quantitative estimate of drug-likeness (QED) is 0.0574. The van der Waals surface area contributed by atoms with E-state index < -0.39 is 5.41 Å². The molecule has 0 saturated heterocycles. The van der Waals surface area contributed by atoms with Crippen molar-refractivity contribution in [2.45, 2.75) is 44.3 Å². The third kappa shape index (κ3) is 8.26. The van der Waals surface area contributed by atoms with E-state index in [0.717, 1.165) is 45.9 Å². The Hall–Kier alpha value is -5.56. The predicted octanol–water partition coefficient (Wildman–Crippen LogP) is 11.0. The van der Waals surface area contributed by atoms with Crippen LogP contribution in [0.3, 0.4) is 0 Å². The monoisotopic (exact) mass is 734 g/mol. The van der Waals surface area contributed by atoms with Gasteiger partial charge in [-0.3, -0.25) is 0 Å². The predicted molar refractivity (Wildman–Crippen MR) is 222 cm³/mol. The van der Waals surface area contributed by atoms with Crippen LogP contribution in [0, 0.1) is 0 Å². The van der Waals surface area contributed by atoms with Crippen molar-refractivity contribution in [1.82, 2.24) is 0 Å². The summed E-state index contributed by atoms with van der Waals surface area (Å²) < 4.78 is 34.5. The Morgan fingerprint density at radius 1 is 0.509 bits per heavy atom. The van der Waals surface area contributed by atoms with E-state index in [1.54, 1.807) is 0 Å². The van der Waals surface area contributed by atoms with Crippen LogP contribution in [0.25, 0.3) is 32.7 Å². The van der Waals surface area contributed by atoms with Gasteiger partial charge in [0.05, 0.1) is 56.6 Å². The molecule has 0 N–H and O–H groups in total. The highest BCUT2D eigenvalue weighted by Gasteiger charge is 2.46. The maximum atomic E-state index is 6.18. The van der Waals surface area contributed by atoms with Gasteiger partial charge < -0.3 is 28.4 Å². The topological polar surface area (TPSA) is 55.4 Å². The van der Waals surface area contributed by atoms with Crippen molar-refractivity contribution < 1.29 is 28.4 Å². The maximum Gasteiger partial charge on any atom is 0.120 e. The first-order valence-corrected chi connectivity index (χ1v) is 19.2. The molecule has 0 amide bonds. The molecule has 282 valence electrons. The Kier molecular flexibility index (Phi) is 12.2. The fourth-order valence-electron chi connectivity index (χ4n) is 7.66. The Morgan fingerprint density at radius 3 is 1.38 bits per heavy atom. The molecule has 0 bridgehead atoms. The molecule has 2 unspecified atom stereocenters. The van der Waals surface area contributed by atoms with Gasteiger partial charge >= 0.3 is 0 Å². The van der Waals surface area contributed by atoms with E-state index in [2.05, 4.69) is 134 Å². The van der Waals surface area contributed by atoms with Gasteiger partial charge in [0.2, 0.25) is 0 Å². The second-order valence-electron chi connectivity index (χ2n) is 14.1. The summed E-state index contributed by atoms with van der Waals surface area (Å²) in [5.74, 6) is 1.65. The van der Waals surface area contributed by atoms with E-state index in [-0.39, 0.29) is 12.2 Å².